The van der Waals surface area contributed by atoms with Crippen LogP contribution < -0.4 is 5.73 Å². The highest BCUT2D eigenvalue weighted by Crippen LogP contribution is 2.16. The molecule has 1 heterocycles. The van der Waals surface area contributed by atoms with Gasteiger partial charge < -0.3 is 15.6 Å². The maximum Gasteiger partial charge on any atom is 0.358 e. The Hall–Kier alpha value is -1.40. The number of nitrogens with zero attached hydrogens (tertiary/aromatic N) is 2. The number of hydrogen-bond donors (Lipinski definition) is 2. The standard InChI is InChI=1S/C9H15N3O3/c1-12-7(8(13)3-4-10)5-6(11-12)9(14)15-2/h5,8,13H,3-4,10H2,1-2H3. The lowest BCUT2D eigenvalue weighted by Crippen LogP contribution is -2.10. The number of esters is 1. The molecule has 1 rings (SSSR count). The van der Waals surface area contributed by atoms with Gasteiger partial charge in [-0.05, 0) is 19.0 Å². The predicted molar refractivity (Wildman–Crippen MR) is 53.2 cm³/mol. The normalized spacial score (nSPS) is 12.5. The van der Waals surface area contributed by atoms with Gasteiger partial charge in [-0.3, -0.25) is 4.68 Å². The number of aliphatic hydroxyl groups excluding tert-OH is 1. The van der Waals surface area contributed by atoms with Crippen LogP contribution in [0.1, 0.15) is 28.7 Å². The number of aromatic nitrogens is 2. The molecule has 0 spiro atoms. The van der Waals surface area contributed by atoms with Gasteiger partial charge in [-0.1, -0.05) is 0 Å². The Kier molecular flexibility index (Phi) is 3.81. The topological polar surface area (TPSA) is 90.4 Å². The summed E-state index contributed by atoms with van der Waals surface area (Å²) in [5.74, 6) is -0.517. The van der Waals surface area contributed by atoms with Gasteiger partial charge in [-0.15, -0.1) is 0 Å². The SMILES string of the molecule is COC(=O)c1cc(C(O)CCN)n(C)n1. The smallest absolute Gasteiger partial charge is 0.358 e. The lowest BCUT2D eigenvalue weighted by atomic mass is 10.2. The summed E-state index contributed by atoms with van der Waals surface area (Å²) in [6.45, 7) is 0.375. The van der Waals surface area contributed by atoms with Crippen molar-refractivity contribution in [2.24, 2.45) is 12.8 Å². The number of aryl methyl sites for hydroxylation is 1. The fraction of sp³-hybridized carbons (Fsp3) is 0.556. The second kappa shape index (κ2) is 4.90. The molecule has 6 heteroatoms. The molecule has 1 atom stereocenters. The highest BCUT2D eigenvalue weighted by molar-refractivity contribution is 5.87. The van der Waals surface area contributed by atoms with Crippen LogP contribution in [-0.4, -0.2) is 34.5 Å². The molecule has 3 N–H and O–H groups in total. The van der Waals surface area contributed by atoms with E-state index >= 15 is 0 Å². The van der Waals surface area contributed by atoms with Crippen LogP contribution in [0.25, 0.3) is 0 Å². The number of hydrogen-bond acceptors (Lipinski definition) is 5. The van der Waals surface area contributed by atoms with Gasteiger partial charge in [0.1, 0.15) is 0 Å². The first-order valence-electron chi connectivity index (χ1n) is 4.60. The van der Waals surface area contributed by atoms with E-state index in [1.165, 1.54) is 17.9 Å². The average molecular weight is 213 g/mol. The maximum absolute atomic E-state index is 11.2. The van der Waals surface area contributed by atoms with Crippen molar-refractivity contribution < 1.29 is 14.6 Å². The Morgan fingerprint density at radius 3 is 3.00 bits per heavy atom. The van der Waals surface area contributed by atoms with E-state index < -0.39 is 12.1 Å². The minimum Gasteiger partial charge on any atom is -0.464 e. The van der Waals surface area contributed by atoms with E-state index in [4.69, 9.17) is 5.73 Å². The highest BCUT2D eigenvalue weighted by Gasteiger charge is 2.17. The molecule has 0 bridgehead atoms. The number of rotatable bonds is 4. The molecule has 1 aromatic rings. The molecule has 0 fully saturated rings. The van der Waals surface area contributed by atoms with E-state index in [1.807, 2.05) is 0 Å². The van der Waals surface area contributed by atoms with Crippen molar-refractivity contribution in [2.75, 3.05) is 13.7 Å². The summed E-state index contributed by atoms with van der Waals surface area (Å²) in [5.41, 5.74) is 6.07. The number of nitrogens with two attached hydrogens (primary N) is 1. The minimum atomic E-state index is -0.703. The molecule has 15 heavy (non-hydrogen) atoms. The molecule has 0 radical (unpaired) electrons. The van der Waals surface area contributed by atoms with Crippen LogP contribution in [0.3, 0.4) is 0 Å². The summed E-state index contributed by atoms with van der Waals surface area (Å²) < 4.78 is 5.97. The molecule has 0 aromatic carbocycles. The van der Waals surface area contributed by atoms with Crippen molar-refractivity contribution >= 4 is 5.97 Å². The Bertz CT molecular complexity index is 348. The number of ether oxygens (including phenoxy) is 1. The average Bonchev–Trinajstić information content (AvgIpc) is 2.59. The maximum atomic E-state index is 11.2. The van der Waals surface area contributed by atoms with E-state index in [9.17, 15) is 9.90 Å². The minimum absolute atomic E-state index is 0.186. The summed E-state index contributed by atoms with van der Waals surface area (Å²) in [7, 11) is 2.94. The molecule has 0 saturated heterocycles. The summed E-state index contributed by atoms with van der Waals surface area (Å²) in [6.07, 6.45) is -0.272. The Morgan fingerprint density at radius 2 is 2.47 bits per heavy atom. The van der Waals surface area contributed by atoms with Crippen LogP contribution in [0, 0.1) is 0 Å². The Labute approximate surface area is 87.6 Å². The Balaban J connectivity index is 2.90. The molecular formula is C9H15N3O3. The van der Waals surface area contributed by atoms with Crippen LogP contribution in [0.2, 0.25) is 0 Å². The largest absolute Gasteiger partial charge is 0.464 e. The second-order valence-electron chi connectivity index (χ2n) is 3.16. The molecule has 1 unspecified atom stereocenters. The van der Waals surface area contributed by atoms with E-state index in [2.05, 4.69) is 9.84 Å². The third-order valence-corrected chi connectivity index (χ3v) is 2.09. The first-order valence-corrected chi connectivity index (χ1v) is 4.60. The van der Waals surface area contributed by atoms with Gasteiger partial charge in [0.15, 0.2) is 5.69 Å². The van der Waals surface area contributed by atoms with Crippen molar-refractivity contribution in [3.63, 3.8) is 0 Å². The zero-order valence-corrected chi connectivity index (χ0v) is 8.80. The van der Waals surface area contributed by atoms with Gasteiger partial charge in [0.05, 0.1) is 18.9 Å². The Morgan fingerprint density at radius 1 is 1.80 bits per heavy atom. The van der Waals surface area contributed by atoms with Crippen molar-refractivity contribution in [3.05, 3.63) is 17.5 Å². The second-order valence-corrected chi connectivity index (χ2v) is 3.16. The molecule has 0 saturated carbocycles. The molecule has 0 aliphatic rings. The number of aliphatic hydroxyl groups is 1. The first kappa shape index (κ1) is 11.7. The van der Waals surface area contributed by atoms with E-state index in [0.717, 1.165) is 0 Å². The third-order valence-electron chi connectivity index (χ3n) is 2.09. The van der Waals surface area contributed by atoms with E-state index in [0.29, 0.717) is 18.7 Å². The predicted octanol–water partition coefficient (Wildman–Crippen LogP) is -0.411. The number of methoxy groups -OCH3 is 1. The molecule has 6 nitrogen and oxygen atoms in total. The van der Waals surface area contributed by atoms with Crippen LogP contribution in [0.4, 0.5) is 0 Å². The van der Waals surface area contributed by atoms with Gasteiger partial charge in [0, 0.05) is 7.05 Å². The van der Waals surface area contributed by atoms with Gasteiger partial charge in [0.25, 0.3) is 0 Å². The lowest BCUT2D eigenvalue weighted by Gasteiger charge is -2.08. The number of carbonyl (C=O) groups excluding carboxylic acids is 1. The third kappa shape index (κ3) is 2.54. The van der Waals surface area contributed by atoms with E-state index in [-0.39, 0.29) is 5.69 Å². The van der Waals surface area contributed by atoms with E-state index in [1.54, 1.807) is 7.05 Å². The highest BCUT2D eigenvalue weighted by atomic mass is 16.5. The van der Waals surface area contributed by atoms with Gasteiger partial charge in [-0.2, -0.15) is 5.10 Å². The summed E-state index contributed by atoms with van der Waals surface area (Å²) in [4.78, 5) is 11.2. The zero-order valence-electron chi connectivity index (χ0n) is 8.80. The van der Waals surface area contributed by atoms with Gasteiger partial charge in [0.2, 0.25) is 0 Å². The zero-order chi connectivity index (χ0) is 11.4. The molecule has 1 aromatic heterocycles. The fourth-order valence-electron chi connectivity index (χ4n) is 1.30. The molecule has 0 aliphatic heterocycles. The summed E-state index contributed by atoms with van der Waals surface area (Å²) in [5, 5.41) is 13.6. The summed E-state index contributed by atoms with van der Waals surface area (Å²) >= 11 is 0. The lowest BCUT2D eigenvalue weighted by molar-refractivity contribution is 0.0593. The van der Waals surface area contributed by atoms with Crippen molar-refractivity contribution in [1.29, 1.82) is 0 Å². The van der Waals surface area contributed by atoms with Crippen molar-refractivity contribution in [1.82, 2.24) is 9.78 Å². The van der Waals surface area contributed by atoms with Crippen molar-refractivity contribution in [2.45, 2.75) is 12.5 Å². The van der Waals surface area contributed by atoms with Gasteiger partial charge >= 0.3 is 5.97 Å². The monoisotopic (exact) mass is 213 g/mol. The van der Waals surface area contributed by atoms with Gasteiger partial charge in [-0.25, -0.2) is 4.79 Å². The number of carbonyl (C=O) groups is 1. The fourth-order valence-corrected chi connectivity index (χ4v) is 1.30. The molecule has 0 aliphatic carbocycles. The summed E-state index contributed by atoms with van der Waals surface area (Å²) in [6, 6.07) is 1.51. The molecule has 84 valence electrons. The van der Waals surface area contributed by atoms with Crippen LogP contribution in [0.5, 0.6) is 0 Å². The van der Waals surface area contributed by atoms with Crippen LogP contribution in [-0.2, 0) is 11.8 Å². The van der Waals surface area contributed by atoms with Crippen LogP contribution in [0.15, 0.2) is 6.07 Å². The molecular weight excluding hydrogens is 198 g/mol. The van der Waals surface area contributed by atoms with Crippen molar-refractivity contribution in [3.8, 4) is 0 Å². The molecule has 0 amide bonds. The quantitative estimate of drug-likeness (QED) is 0.663. The first-order chi connectivity index (χ1) is 7.10. The van der Waals surface area contributed by atoms with Crippen LogP contribution >= 0.6 is 0 Å².